The summed E-state index contributed by atoms with van der Waals surface area (Å²) in [7, 11) is 0. The van der Waals surface area contributed by atoms with Crippen molar-refractivity contribution >= 4 is 34.1 Å². The van der Waals surface area contributed by atoms with Crippen molar-refractivity contribution in [3.05, 3.63) is 28.5 Å². The SMILES string of the molecule is CCCCC#Cc1nc(Cl)c2nc(-c3cccs3)n([C@@H]3OC[C@@H](O)[C@H]3O)c2n1. The molecule has 28 heavy (non-hydrogen) atoms. The summed E-state index contributed by atoms with van der Waals surface area (Å²) >= 11 is 7.87. The van der Waals surface area contributed by atoms with Crippen molar-refractivity contribution in [2.24, 2.45) is 0 Å². The van der Waals surface area contributed by atoms with Gasteiger partial charge in [0.15, 0.2) is 22.9 Å². The van der Waals surface area contributed by atoms with Crippen molar-refractivity contribution < 1.29 is 14.9 Å². The third-order valence-electron chi connectivity index (χ3n) is 4.47. The first-order chi connectivity index (χ1) is 13.6. The highest BCUT2D eigenvalue weighted by Gasteiger charge is 2.39. The van der Waals surface area contributed by atoms with E-state index in [9.17, 15) is 10.2 Å². The Morgan fingerprint density at radius 3 is 2.89 bits per heavy atom. The van der Waals surface area contributed by atoms with Crippen LogP contribution >= 0.6 is 22.9 Å². The molecule has 2 N–H and O–H groups in total. The van der Waals surface area contributed by atoms with Gasteiger partial charge in [0.25, 0.3) is 0 Å². The zero-order valence-electron chi connectivity index (χ0n) is 15.2. The molecule has 0 aromatic carbocycles. The fourth-order valence-corrected chi connectivity index (χ4v) is 3.95. The number of aliphatic hydroxyl groups excluding tert-OH is 2. The fourth-order valence-electron chi connectivity index (χ4n) is 3.04. The molecule has 9 heteroatoms. The smallest absolute Gasteiger partial charge is 0.208 e. The van der Waals surface area contributed by atoms with Gasteiger partial charge in [-0.25, -0.2) is 15.0 Å². The topological polar surface area (TPSA) is 93.3 Å². The molecule has 0 amide bonds. The molecule has 1 aliphatic rings. The van der Waals surface area contributed by atoms with Crippen LogP contribution in [0.3, 0.4) is 0 Å². The lowest BCUT2D eigenvalue weighted by molar-refractivity contribution is -0.0152. The summed E-state index contributed by atoms with van der Waals surface area (Å²) in [5.41, 5.74) is 0.822. The van der Waals surface area contributed by atoms with E-state index in [-0.39, 0.29) is 11.8 Å². The molecule has 7 nitrogen and oxygen atoms in total. The number of fused-ring (bicyclic) bond motifs is 1. The van der Waals surface area contributed by atoms with Crippen LogP contribution in [0.1, 0.15) is 38.2 Å². The summed E-state index contributed by atoms with van der Waals surface area (Å²) in [4.78, 5) is 14.3. The molecule has 0 spiro atoms. The number of thiophene rings is 1. The molecule has 1 saturated heterocycles. The maximum atomic E-state index is 10.4. The predicted molar refractivity (Wildman–Crippen MR) is 107 cm³/mol. The molecule has 146 valence electrons. The lowest BCUT2D eigenvalue weighted by Crippen LogP contribution is -2.28. The summed E-state index contributed by atoms with van der Waals surface area (Å²) in [6, 6.07) is 3.81. The third kappa shape index (κ3) is 3.52. The number of aromatic nitrogens is 4. The molecule has 1 fully saturated rings. The van der Waals surface area contributed by atoms with Gasteiger partial charge in [0.1, 0.15) is 17.7 Å². The minimum atomic E-state index is -1.11. The molecule has 0 saturated carbocycles. The van der Waals surface area contributed by atoms with Gasteiger partial charge in [-0.3, -0.25) is 4.57 Å². The average Bonchev–Trinajstić information content (AvgIpc) is 3.39. The Kier molecular flexibility index (Phi) is 5.62. The third-order valence-corrected chi connectivity index (χ3v) is 5.60. The molecule has 4 rings (SSSR count). The van der Waals surface area contributed by atoms with E-state index in [0.29, 0.717) is 22.8 Å². The van der Waals surface area contributed by atoms with Crippen molar-refractivity contribution in [2.45, 2.75) is 44.6 Å². The monoisotopic (exact) mass is 418 g/mol. The van der Waals surface area contributed by atoms with E-state index < -0.39 is 18.4 Å². The quantitative estimate of drug-likeness (QED) is 0.384. The van der Waals surface area contributed by atoms with Gasteiger partial charge in [-0.2, -0.15) is 0 Å². The van der Waals surface area contributed by atoms with Crippen LogP contribution in [-0.2, 0) is 4.74 Å². The van der Waals surface area contributed by atoms with Gasteiger partial charge in [0, 0.05) is 6.42 Å². The minimum absolute atomic E-state index is 0.0257. The second-order valence-corrected chi connectivity index (χ2v) is 7.79. The molecular formula is C19H19ClN4O3S. The van der Waals surface area contributed by atoms with E-state index in [2.05, 4.69) is 33.7 Å². The number of nitrogens with zero attached hydrogens (tertiary/aromatic N) is 4. The van der Waals surface area contributed by atoms with Crippen molar-refractivity contribution in [3.8, 4) is 22.5 Å². The highest BCUT2D eigenvalue weighted by molar-refractivity contribution is 7.13. The number of aliphatic hydroxyl groups is 2. The van der Waals surface area contributed by atoms with E-state index in [1.807, 2.05) is 17.5 Å². The van der Waals surface area contributed by atoms with E-state index in [1.165, 1.54) is 11.3 Å². The van der Waals surface area contributed by atoms with Crippen molar-refractivity contribution in [3.63, 3.8) is 0 Å². The largest absolute Gasteiger partial charge is 0.388 e. The predicted octanol–water partition coefficient (Wildman–Crippen LogP) is 3.00. The normalized spacial score (nSPS) is 21.8. The number of ether oxygens (including phenoxy) is 1. The van der Waals surface area contributed by atoms with Crippen molar-refractivity contribution in [1.82, 2.24) is 19.5 Å². The van der Waals surface area contributed by atoms with Crippen molar-refractivity contribution in [1.29, 1.82) is 0 Å². The fraction of sp³-hybridized carbons (Fsp3) is 0.421. The summed E-state index contributed by atoms with van der Waals surface area (Å²) in [6.45, 7) is 2.13. The standard InChI is InChI=1S/C19H19ClN4O3S/c1-2-3-4-5-8-13-21-16(20)14-18(22-13)24(19-15(26)11(25)10-27-19)17(23-14)12-7-6-9-28-12/h6-7,9,11,15,19,25-26H,2-4,10H2,1H3/t11-,15-,19-/m1/s1. The first-order valence-electron chi connectivity index (χ1n) is 9.06. The minimum Gasteiger partial charge on any atom is -0.388 e. The molecule has 0 bridgehead atoms. The van der Waals surface area contributed by atoms with Gasteiger partial charge < -0.3 is 14.9 Å². The van der Waals surface area contributed by atoms with Crippen LogP contribution in [0.5, 0.6) is 0 Å². The van der Waals surface area contributed by atoms with E-state index in [4.69, 9.17) is 16.3 Å². The first-order valence-corrected chi connectivity index (χ1v) is 10.3. The van der Waals surface area contributed by atoms with Crippen LogP contribution in [0.2, 0.25) is 5.15 Å². The van der Waals surface area contributed by atoms with Gasteiger partial charge in [-0.1, -0.05) is 36.9 Å². The van der Waals surface area contributed by atoms with Gasteiger partial charge >= 0.3 is 0 Å². The summed E-state index contributed by atoms with van der Waals surface area (Å²) in [6.07, 6.45) is -0.0991. The number of imidazole rings is 1. The Morgan fingerprint density at radius 1 is 1.36 bits per heavy atom. The molecule has 3 atom stereocenters. The van der Waals surface area contributed by atoms with Crippen LogP contribution < -0.4 is 0 Å². The second kappa shape index (κ2) is 8.15. The summed E-state index contributed by atoms with van der Waals surface area (Å²) < 4.78 is 7.32. The molecule has 3 aromatic heterocycles. The Labute approximate surface area is 171 Å². The Balaban J connectivity index is 1.88. The van der Waals surface area contributed by atoms with E-state index >= 15 is 0 Å². The lowest BCUT2D eigenvalue weighted by atomic mass is 10.2. The Hall–Kier alpha value is -2.02. The van der Waals surface area contributed by atoms with Crippen LogP contribution in [-0.4, -0.2) is 48.5 Å². The van der Waals surface area contributed by atoms with Crippen LogP contribution in [0.4, 0.5) is 0 Å². The molecule has 0 radical (unpaired) electrons. The van der Waals surface area contributed by atoms with Gasteiger partial charge in [0.05, 0.1) is 11.5 Å². The number of hydrogen-bond donors (Lipinski definition) is 2. The number of halogens is 1. The number of rotatable bonds is 4. The molecule has 1 aliphatic heterocycles. The van der Waals surface area contributed by atoms with E-state index in [0.717, 1.165) is 24.1 Å². The van der Waals surface area contributed by atoms with Crippen LogP contribution in [0, 0.1) is 11.8 Å². The number of unbranched alkanes of at least 4 members (excludes halogenated alkanes) is 2. The highest BCUT2D eigenvalue weighted by Crippen LogP contribution is 2.36. The first kappa shape index (κ1) is 19.3. The Bertz CT molecular complexity index is 1040. The van der Waals surface area contributed by atoms with Gasteiger partial charge in [-0.05, 0) is 23.8 Å². The zero-order chi connectivity index (χ0) is 19.7. The molecule has 0 aliphatic carbocycles. The Morgan fingerprint density at radius 2 is 2.21 bits per heavy atom. The van der Waals surface area contributed by atoms with Crippen LogP contribution in [0.25, 0.3) is 21.9 Å². The summed E-state index contributed by atoms with van der Waals surface area (Å²) in [5, 5.41) is 22.5. The van der Waals surface area contributed by atoms with E-state index in [1.54, 1.807) is 4.57 Å². The number of hydrogen-bond acceptors (Lipinski definition) is 7. The average molecular weight is 419 g/mol. The second-order valence-electron chi connectivity index (χ2n) is 6.48. The summed E-state index contributed by atoms with van der Waals surface area (Å²) in [5.74, 6) is 6.84. The van der Waals surface area contributed by atoms with Crippen LogP contribution in [0.15, 0.2) is 17.5 Å². The molecule has 4 heterocycles. The highest BCUT2D eigenvalue weighted by atomic mass is 35.5. The zero-order valence-corrected chi connectivity index (χ0v) is 16.7. The lowest BCUT2D eigenvalue weighted by Gasteiger charge is -2.19. The molecular weight excluding hydrogens is 400 g/mol. The van der Waals surface area contributed by atoms with Gasteiger partial charge in [-0.15, -0.1) is 11.3 Å². The van der Waals surface area contributed by atoms with Gasteiger partial charge in [0.2, 0.25) is 5.82 Å². The molecule has 0 unspecified atom stereocenters. The molecule has 3 aromatic rings. The maximum Gasteiger partial charge on any atom is 0.208 e. The maximum absolute atomic E-state index is 10.4. The van der Waals surface area contributed by atoms with Crippen molar-refractivity contribution in [2.75, 3.05) is 6.61 Å².